The van der Waals surface area contributed by atoms with Gasteiger partial charge in [-0.3, -0.25) is 0 Å². The molecule has 2 aliphatic rings. The number of piperidine rings is 1. The first kappa shape index (κ1) is 11.7. The van der Waals surface area contributed by atoms with Crippen molar-refractivity contribution in [1.29, 1.82) is 0 Å². The lowest BCUT2D eigenvalue weighted by Gasteiger charge is -2.37. The predicted octanol–water partition coefficient (Wildman–Crippen LogP) is 1.75. The zero-order valence-electron chi connectivity index (χ0n) is 10.1. The van der Waals surface area contributed by atoms with Crippen LogP contribution in [0.3, 0.4) is 0 Å². The zero-order valence-corrected chi connectivity index (χ0v) is 10.1. The van der Waals surface area contributed by atoms with Crippen LogP contribution in [0.4, 0.5) is 4.79 Å². The summed E-state index contributed by atoms with van der Waals surface area (Å²) < 4.78 is 5.44. The minimum Gasteiger partial charge on any atom is -0.379 e. The number of amides is 2. The number of carbonyl (C=O) groups is 1. The topological polar surface area (TPSA) is 41.6 Å². The van der Waals surface area contributed by atoms with Crippen LogP contribution < -0.4 is 5.32 Å². The van der Waals surface area contributed by atoms with Crippen molar-refractivity contribution in [1.82, 2.24) is 10.2 Å². The van der Waals surface area contributed by atoms with E-state index in [-0.39, 0.29) is 11.6 Å². The monoisotopic (exact) mass is 226 g/mol. The van der Waals surface area contributed by atoms with Gasteiger partial charge in [0.1, 0.15) is 0 Å². The maximum atomic E-state index is 12.0. The number of hydrogen-bond acceptors (Lipinski definition) is 2. The number of carbonyl (C=O) groups excluding carboxylic acids is 1. The largest absolute Gasteiger partial charge is 0.379 e. The van der Waals surface area contributed by atoms with Crippen LogP contribution >= 0.6 is 0 Å². The molecule has 2 amide bonds. The second kappa shape index (κ2) is 5.04. The Kier molecular flexibility index (Phi) is 3.69. The van der Waals surface area contributed by atoms with E-state index in [9.17, 15) is 4.79 Å². The van der Waals surface area contributed by atoms with Crippen LogP contribution in [0.5, 0.6) is 0 Å². The van der Waals surface area contributed by atoms with Crippen molar-refractivity contribution in [3.05, 3.63) is 0 Å². The number of hydrogen-bond donors (Lipinski definition) is 1. The highest BCUT2D eigenvalue weighted by atomic mass is 16.5. The van der Waals surface area contributed by atoms with E-state index in [0.717, 1.165) is 45.4 Å². The first-order chi connectivity index (χ1) is 7.70. The SMILES string of the molecule is CC1(NC(=O)N2CCCCC2)CCCOC1. The smallest absolute Gasteiger partial charge is 0.317 e. The van der Waals surface area contributed by atoms with Crippen LogP contribution in [0.15, 0.2) is 0 Å². The molecule has 2 aliphatic heterocycles. The van der Waals surface area contributed by atoms with E-state index in [1.54, 1.807) is 0 Å². The summed E-state index contributed by atoms with van der Waals surface area (Å²) in [4.78, 5) is 14.0. The number of ether oxygens (including phenoxy) is 1. The predicted molar refractivity (Wildman–Crippen MR) is 62.4 cm³/mol. The van der Waals surface area contributed by atoms with Gasteiger partial charge in [-0.2, -0.15) is 0 Å². The fraction of sp³-hybridized carbons (Fsp3) is 0.917. The molecule has 1 atom stereocenters. The Balaban J connectivity index is 1.85. The molecule has 2 rings (SSSR count). The van der Waals surface area contributed by atoms with Crippen molar-refractivity contribution < 1.29 is 9.53 Å². The molecule has 2 saturated heterocycles. The molecule has 2 fully saturated rings. The number of nitrogens with one attached hydrogen (secondary N) is 1. The van der Waals surface area contributed by atoms with Crippen molar-refractivity contribution in [3.63, 3.8) is 0 Å². The maximum absolute atomic E-state index is 12.0. The molecule has 92 valence electrons. The van der Waals surface area contributed by atoms with Gasteiger partial charge >= 0.3 is 6.03 Å². The first-order valence-electron chi connectivity index (χ1n) is 6.34. The van der Waals surface area contributed by atoms with E-state index < -0.39 is 0 Å². The van der Waals surface area contributed by atoms with Gasteiger partial charge in [0.15, 0.2) is 0 Å². The summed E-state index contributed by atoms with van der Waals surface area (Å²) in [6, 6.07) is 0.0905. The molecule has 0 aliphatic carbocycles. The molecule has 0 aromatic rings. The summed E-state index contributed by atoms with van der Waals surface area (Å²) in [6.45, 7) is 5.36. The van der Waals surface area contributed by atoms with Crippen molar-refractivity contribution >= 4 is 6.03 Å². The van der Waals surface area contributed by atoms with Gasteiger partial charge in [0.05, 0.1) is 12.1 Å². The van der Waals surface area contributed by atoms with Gasteiger partial charge < -0.3 is 15.0 Å². The molecular weight excluding hydrogens is 204 g/mol. The minimum atomic E-state index is -0.160. The van der Waals surface area contributed by atoms with Gasteiger partial charge in [-0.25, -0.2) is 4.79 Å². The molecule has 4 nitrogen and oxygen atoms in total. The molecule has 0 radical (unpaired) electrons. The minimum absolute atomic E-state index is 0.0905. The molecule has 16 heavy (non-hydrogen) atoms. The Labute approximate surface area is 97.3 Å². The normalized spacial score (nSPS) is 31.2. The van der Waals surface area contributed by atoms with Gasteiger partial charge in [-0.15, -0.1) is 0 Å². The molecule has 1 unspecified atom stereocenters. The fourth-order valence-electron chi connectivity index (χ4n) is 2.47. The summed E-state index contributed by atoms with van der Waals surface area (Å²) in [5, 5.41) is 3.13. The standard InChI is InChI=1S/C12H22N2O2/c1-12(6-5-9-16-10-12)13-11(15)14-7-3-2-4-8-14/h2-10H2,1H3,(H,13,15). The first-order valence-corrected chi connectivity index (χ1v) is 6.34. The van der Waals surface area contributed by atoms with Gasteiger partial charge in [-0.05, 0) is 39.0 Å². The maximum Gasteiger partial charge on any atom is 0.317 e. The summed E-state index contributed by atoms with van der Waals surface area (Å²) in [7, 11) is 0. The van der Waals surface area contributed by atoms with E-state index in [2.05, 4.69) is 12.2 Å². The average molecular weight is 226 g/mol. The lowest BCUT2D eigenvalue weighted by Crippen LogP contribution is -2.56. The molecule has 2 heterocycles. The van der Waals surface area contributed by atoms with Crippen molar-refractivity contribution in [2.75, 3.05) is 26.3 Å². The number of urea groups is 1. The van der Waals surface area contributed by atoms with E-state index in [1.165, 1.54) is 6.42 Å². The Morgan fingerprint density at radius 2 is 2.00 bits per heavy atom. The highest BCUT2D eigenvalue weighted by molar-refractivity contribution is 5.75. The van der Waals surface area contributed by atoms with E-state index in [1.807, 2.05) is 4.90 Å². The van der Waals surface area contributed by atoms with E-state index in [0.29, 0.717) is 6.61 Å². The van der Waals surface area contributed by atoms with Crippen LogP contribution in [0.25, 0.3) is 0 Å². The number of rotatable bonds is 1. The zero-order chi connectivity index (χ0) is 11.4. The van der Waals surface area contributed by atoms with Gasteiger partial charge in [0.25, 0.3) is 0 Å². The van der Waals surface area contributed by atoms with Crippen LogP contribution in [-0.4, -0.2) is 42.8 Å². The van der Waals surface area contributed by atoms with Crippen LogP contribution in [0.2, 0.25) is 0 Å². The van der Waals surface area contributed by atoms with E-state index >= 15 is 0 Å². The third-order valence-electron chi connectivity index (χ3n) is 3.49. The van der Waals surface area contributed by atoms with Crippen molar-refractivity contribution in [2.24, 2.45) is 0 Å². The van der Waals surface area contributed by atoms with Gasteiger partial charge in [0, 0.05) is 19.7 Å². The second-order valence-electron chi connectivity index (χ2n) is 5.19. The van der Waals surface area contributed by atoms with Crippen LogP contribution in [0, 0.1) is 0 Å². The van der Waals surface area contributed by atoms with Gasteiger partial charge in [0.2, 0.25) is 0 Å². The van der Waals surface area contributed by atoms with Crippen molar-refractivity contribution in [3.8, 4) is 0 Å². The summed E-state index contributed by atoms with van der Waals surface area (Å²) in [6.07, 6.45) is 5.59. The summed E-state index contributed by atoms with van der Waals surface area (Å²) >= 11 is 0. The Morgan fingerprint density at radius 1 is 1.25 bits per heavy atom. The molecule has 0 bridgehead atoms. The molecule has 0 spiro atoms. The summed E-state index contributed by atoms with van der Waals surface area (Å²) in [5.41, 5.74) is -0.160. The van der Waals surface area contributed by atoms with Crippen LogP contribution in [0.1, 0.15) is 39.0 Å². The second-order valence-corrected chi connectivity index (χ2v) is 5.19. The molecule has 4 heteroatoms. The molecular formula is C12H22N2O2. The quantitative estimate of drug-likeness (QED) is 0.740. The molecule has 0 saturated carbocycles. The Bertz CT molecular complexity index is 243. The lowest BCUT2D eigenvalue weighted by atomic mass is 9.95. The average Bonchev–Trinajstić information content (AvgIpc) is 2.30. The fourth-order valence-corrected chi connectivity index (χ4v) is 2.47. The van der Waals surface area contributed by atoms with Crippen LogP contribution in [-0.2, 0) is 4.74 Å². The molecule has 1 N–H and O–H groups in total. The molecule has 0 aromatic carbocycles. The highest BCUT2D eigenvalue weighted by Crippen LogP contribution is 2.19. The Morgan fingerprint density at radius 3 is 2.62 bits per heavy atom. The molecule has 0 aromatic heterocycles. The van der Waals surface area contributed by atoms with Crippen molar-refractivity contribution in [2.45, 2.75) is 44.6 Å². The van der Waals surface area contributed by atoms with Gasteiger partial charge in [-0.1, -0.05) is 0 Å². The number of nitrogens with zero attached hydrogens (tertiary/aromatic N) is 1. The third-order valence-corrected chi connectivity index (χ3v) is 3.49. The lowest BCUT2D eigenvalue weighted by molar-refractivity contribution is 0.0303. The Hall–Kier alpha value is -0.770. The number of likely N-dealkylation sites (tertiary alicyclic amines) is 1. The summed E-state index contributed by atoms with van der Waals surface area (Å²) in [5.74, 6) is 0. The highest BCUT2D eigenvalue weighted by Gasteiger charge is 2.31. The van der Waals surface area contributed by atoms with E-state index in [4.69, 9.17) is 4.74 Å². The third kappa shape index (κ3) is 2.88.